The van der Waals surface area contributed by atoms with Crippen molar-refractivity contribution < 1.29 is 13.9 Å². The average Bonchev–Trinajstić information content (AvgIpc) is 3.12. The fraction of sp³-hybridized carbons (Fsp3) is 0.0476. The van der Waals surface area contributed by atoms with Gasteiger partial charge >= 0.3 is 0 Å². The largest absolute Gasteiger partial charge is 0.484 e. The minimum absolute atomic E-state index is 0.0842. The molecule has 3 aromatic carbocycles. The number of halogens is 3. The molecule has 146 valence electrons. The number of carbonyl (C=O) groups is 1. The zero-order valence-electron chi connectivity index (χ0n) is 14.8. The lowest BCUT2D eigenvalue weighted by atomic mass is 10.2. The van der Waals surface area contributed by atoms with Crippen molar-refractivity contribution in [3.63, 3.8) is 0 Å². The van der Waals surface area contributed by atoms with Gasteiger partial charge in [-0.1, -0.05) is 15.9 Å². The number of anilines is 1. The highest BCUT2D eigenvalue weighted by atomic mass is 127. The van der Waals surface area contributed by atoms with Crippen LogP contribution >= 0.6 is 54.5 Å². The molecule has 1 N–H and O–H groups in total. The summed E-state index contributed by atoms with van der Waals surface area (Å²) >= 11 is 9.14. The van der Waals surface area contributed by atoms with E-state index in [2.05, 4.69) is 64.8 Å². The number of hydrogen-bond donors (Lipinski definition) is 1. The van der Waals surface area contributed by atoms with Crippen LogP contribution in [0.5, 0.6) is 5.75 Å². The Hall–Kier alpha value is -1.91. The molecule has 1 heterocycles. The second-order valence-electron chi connectivity index (χ2n) is 6.12. The molecule has 0 bridgehead atoms. The fourth-order valence-corrected chi connectivity index (χ4v) is 3.83. The second kappa shape index (κ2) is 8.85. The Morgan fingerprint density at radius 3 is 2.66 bits per heavy atom. The highest BCUT2D eigenvalue weighted by Gasteiger charge is 2.13. The first-order valence-corrected chi connectivity index (χ1v) is 11.2. The first-order valence-electron chi connectivity index (χ1n) is 8.52. The first-order chi connectivity index (χ1) is 14.0. The molecule has 0 radical (unpaired) electrons. The predicted molar refractivity (Wildman–Crippen MR) is 128 cm³/mol. The lowest BCUT2D eigenvalue weighted by Crippen LogP contribution is -2.20. The van der Waals surface area contributed by atoms with Crippen LogP contribution < -0.4 is 10.1 Å². The highest BCUT2D eigenvalue weighted by molar-refractivity contribution is 14.1. The van der Waals surface area contributed by atoms with Gasteiger partial charge in [-0.2, -0.15) is 0 Å². The molecule has 4 aromatic rings. The number of ether oxygens (including phenoxy) is 1. The van der Waals surface area contributed by atoms with E-state index in [9.17, 15) is 4.79 Å². The minimum Gasteiger partial charge on any atom is -0.484 e. The van der Waals surface area contributed by atoms with E-state index in [1.165, 1.54) is 0 Å². The zero-order valence-corrected chi connectivity index (χ0v) is 20.1. The van der Waals surface area contributed by atoms with Crippen LogP contribution in [0.15, 0.2) is 74.0 Å². The van der Waals surface area contributed by atoms with E-state index in [4.69, 9.17) is 9.15 Å². The van der Waals surface area contributed by atoms with Gasteiger partial charge in [0.2, 0.25) is 5.89 Å². The summed E-state index contributed by atoms with van der Waals surface area (Å²) in [7, 11) is 0. The van der Waals surface area contributed by atoms with Crippen LogP contribution in [0.4, 0.5) is 5.69 Å². The number of fused-ring (bicyclic) bond motifs is 1. The third-order valence-corrected chi connectivity index (χ3v) is 5.90. The van der Waals surface area contributed by atoms with Crippen molar-refractivity contribution in [2.75, 3.05) is 11.9 Å². The fourth-order valence-electron chi connectivity index (χ4n) is 2.66. The quantitative estimate of drug-likeness (QED) is 0.252. The molecule has 0 saturated carbocycles. The summed E-state index contributed by atoms with van der Waals surface area (Å²) in [5.41, 5.74) is 2.82. The summed E-state index contributed by atoms with van der Waals surface area (Å²) < 4.78 is 14.3. The predicted octanol–water partition coefficient (Wildman–Crippen LogP) is 6.64. The van der Waals surface area contributed by atoms with Crippen molar-refractivity contribution in [3.8, 4) is 17.2 Å². The van der Waals surface area contributed by atoms with Gasteiger partial charge < -0.3 is 14.5 Å². The van der Waals surface area contributed by atoms with Gasteiger partial charge in [0.15, 0.2) is 12.2 Å². The van der Waals surface area contributed by atoms with E-state index in [0.717, 1.165) is 18.1 Å². The van der Waals surface area contributed by atoms with Crippen LogP contribution in [0.2, 0.25) is 0 Å². The monoisotopic (exact) mass is 626 g/mol. The summed E-state index contributed by atoms with van der Waals surface area (Å²) in [6.45, 7) is -0.0842. The van der Waals surface area contributed by atoms with E-state index in [-0.39, 0.29) is 12.5 Å². The maximum absolute atomic E-state index is 12.2. The average molecular weight is 628 g/mol. The molecular formula is C21H13Br2IN2O3. The van der Waals surface area contributed by atoms with Crippen LogP contribution in [0.25, 0.3) is 22.6 Å². The molecule has 0 aliphatic carbocycles. The van der Waals surface area contributed by atoms with Crippen molar-refractivity contribution >= 4 is 77.1 Å². The van der Waals surface area contributed by atoms with Crippen molar-refractivity contribution in [3.05, 3.63) is 73.2 Å². The Kier molecular flexibility index (Phi) is 6.21. The summed E-state index contributed by atoms with van der Waals surface area (Å²) in [4.78, 5) is 16.8. The van der Waals surface area contributed by atoms with E-state index in [0.29, 0.717) is 28.4 Å². The summed E-state index contributed by atoms with van der Waals surface area (Å²) in [6.07, 6.45) is 0. The maximum atomic E-state index is 12.2. The summed E-state index contributed by atoms with van der Waals surface area (Å²) in [5, 5.41) is 2.82. The first kappa shape index (κ1) is 20.4. The number of benzene rings is 3. The van der Waals surface area contributed by atoms with Gasteiger partial charge in [0.25, 0.3) is 5.91 Å². The van der Waals surface area contributed by atoms with Gasteiger partial charge in [-0.15, -0.1) is 0 Å². The molecule has 8 heteroatoms. The Balaban J connectivity index is 1.48. The van der Waals surface area contributed by atoms with Crippen molar-refractivity contribution in [2.45, 2.75) is 0 Å². The van der Waals surface area contributed by atoms with Gasteiger partial charge in [-0.3, -0.25) is 4.79 Å². The number of oxazole rings is 1. The third-order valence-electron chi connectivity index (χ3n) is 4.01. The highest BCUT2D eigenvalue weighted by Crippen LogP contribution is 2.32. The van der Waals surface area contributed by atoms with Crippen LogP contribution in [-0.4, -0.2) is 17.5 Å². The van der Waals surface area contributed by atoms with Crippen molar-refractivity contribution in [1.29, 1.82) is 0 Å². The maximum Gasteiger partial charge on any atom is 0.262 e. The smallest absolute Gasteiger partial charge is 0.262 e. The number of rotatable bonds is 5. The molecule has 0 aliphatic heterocycles. The van der Waals surface area contributed by atoms with Crippen molar-refractivity contribution in [2.24, 2.45) is 0 Å². The van der Waals surface area contributed by atoms with Gasteiger partial charge in [0, 0.05) is 18.2 Å². The zero-order chi connectivity index (χ0) is 20.4. The molecule has 0 spiro atoms. The van der Waals surface area contributed by atoms with Gasteiger partial charge in [-0.05, 0) is 99.2 Å². The van der Waals surface area contributed by atoms with Crippen LogP contribution in [0.1, 0.15) is 0 Å². The SMILES string of the molecule is O=C(COc1ccc(Br)cc1)Nc1ccc2oc(-c3cc(I)ccc3Br)nc2c1. The Morgan fingerprint density at radius 2 is 1.86 bits per heavy atom. The number of nitrogens with one attached hydrogen (secondary N) is 1. The molecule has 4 rings (SSSR count). The molecular weight excluding hydrogens is 615 g/mol. The Bertz CT molecular complexity index is 1190. The third kappa shape index (κ3) is 4.99. The lowest BCUT2D eigenvalue weighted by molar-refractivity contribution is -0.118. The van der Waals surface area contributed by atoms with E-state index in [1.54, 1.807) is 30.3 Å². The summed E-state index contributed by atoms with van der Waals surface area (Å²) in [5.74, 6) is 0.895. The van der Waals surface area contributed by atoms with Crippen LogP contribution in [-0.2, 0) is 4.79 Å². The number of nitrogens with zero attached hydrogens (tertiary/aromatic N) is 1. The van der Waals surface area contributed by atoms with Crippen LogP contribution in [0, 0.1) is 3.57 Å². The van der Waals surface area contributed by atoms with Crippen LogP contribution in [0.3, 0.4) is 0 Å². The Morgan fingerprint density at radius 1 is 1.07 bits per heavy atom. The van der Waals surface area contributed by atoms with E-state index >= 15 is 0 Å². The molecule has 29 heavy (non-hydrogen) atoms. The Labute approximate surface area is 197 Å². The topological polar surface area (TPSA) is 64.4 Å². The molecule has 1 amide bonds. The number of carbonyl (C=O) groups excluding carboxylic acids is 1. The normalized spacial score (nSPS) is 10.9. The lowest BCUT2D eigenvalue weighted by Gasteiger charge is -2.07. The van der Waals surface area contributed by atoms with Crippen molar-refractivity contribution in [1.82, 2.24) is 4.98 Å². The molecule has 0 fully saturated rings. The van der Waals surface area contributed by atoms with Gasteiger partial charge in [-0.25, -0.2) is 4.98 Å². The van der Waals surface area contributed by atoms with Gasteiger partial charge in [0.1, 0.15) is 11.3 Å². The minimum atomic E-state index is -0.253. The molecule has 0 unspecified atom stereocenters. The van der Waals surface area contributed by atoms with E-state index in [1.807, 2.05) is 30.3 Å². The molecule has 0 atom stereocenters. The number of amides is 1. The van der Waals surface area contributed by atoms with E-state index < -0.39 is 0 Å². The molecule has 5 nitrogen and oxygen atoms in total. The summed E-state index contributed by atoms with van der Waals surface area (Å²) in [6, 6.07) is 18.6. The molecule has 0 saturated heterocycles. The van der Waals surface area contributed by atoms with Gasteiger partial charge in [0.05, 0.1) is 5.56 Å². The second-order valence-corrected chi connectivity index (χ2v) is 9.13. The molecule has 1 aromatic heterocycles. The number of aromatic nitrogens is 1. The number of hydrogen-bond acceptors (Lipinski definition) is 4. The molecule has 0 aliphatic rings. The standard InChI is InChI=1S/C21H13Br2IN2O3/c22-12-1-5-15(6-2-12)28-11-20(27)25-14-4-8-19-18(10-14)26-21(29-19)16-9-13(24)3-7-17(16)23/h1-10H,11H2,(H,25,27).